The van der Waals surface area contributed by atoms with E-state index >= 15 is 0 Å². The molecule has 0 aliphatic carbocycles. The number of hydrogen-bond acceptors (Lipinski definition) is 7. The molecule has 9 heteroatoms. The van der Waals surface area contributed by atoms with Crippen LogP contribution in [0.1, 0.15) is 5.56 Å². The van der Waals surface area contributed by atoms with Gasteiger partial charge in [0.15, 0.2) is 0 Å². The van der Waals surface area contributed by atoms with Crippen molar-refractivity contribution < 1.29 is 9.47 Å². The van der Waals surface area contributed by atoms with E-state index in [1.54, 1.807) is 0 Å². The standard InChI is InChI=1S/C22H25N5O3S/c23-20(24-10-11-27-12-14-29-15-13-27)19-21(28)26-31-22(19)25-16-6-8-18(9-7-16)30-17-4-2-1-3-5-17/h1-9,25H,10-15H2,(H2,23,24)(H,26,28). The van der Waals surface area contributed by atoms with Gasteiger partial charge in [0.05, 0.1) is 13.2 Å². The molecule has 1 fully saturated rings. The van der Waals surface area contributed by atoms with Crippen molar-refractivity contribution in [2.24, 2.45) is 0 Å². The van der Waals surface area contributed by atoms with Gasteiger partial charge in [0.1, 0.15) is 27.9 Å². The maximum Gasteiger partial charge on any atom is 0.271 e. The quantitative estimate of drug-likeness (QED) is 0.318. The lowest BCUT2D eigenvalue weighted by atomic mass is 10.2. The third-order valence-electron chi connectivity index (χ3n) is 4.87. The van der Waals surface area contributed by atoms with E-state index in [-0.39, 0.29) is 11.4 Å². The molecule has 1 aliphatic heterocycles. The first kappa shape index (κ1) is 21.1. The van der Waals surface area contributed by atoms with Gasteiger partial charge in [-0.05, 0) is 47.9 Å². The van der Waals surface area contributed by atoms with E-state index in [0.717, 1.165) is 50.0 Å². The van der Waals surface area contributed by atoms with Gasteiger partial charge in [0.25, 0.3) is 5.56 Å². The van der Waals surface area contributed by atoms with Gasteiger partial charge in [0.2, 0.25) is 0 Å². The van der Waals surface area contributed by atoms with Crippen LogP contribution in [0, 0.1) is 5.41 Å². The molecule has 3 aromatic rings. The number of H-pyrrole nitrogens is 1. The summed E-state index contributed by atoms with van der Waals surface area (Å²) < 4.78 is 13.9. The number of nitrogens with zero attached hydrogens (tertiary/aromatic N) is 1. The Kier molecular flexibility index (Phi) is 6.98. The monoisotopic (exact) mass is 439 g/mol. The first-order valence-corrected chi connectivity index (χ1v) is 10.9. The fourth-order valence-electron chi connectivity index (χ4n) is 3.23. The molecule has 1 saturated heterocycles. The first-order valence-electron chi connectivity index (χ1n) is 10.1. The summed E-state index contributed by atoms with van der Waals surface area (Å²) in [4.78, 5) is 14.6. The molecule has 4 rings (SSSR count). The van der Waals surface area contributed by atoms with Crippen LogP contribution < -0.4 is 20.9 Å². The fraction of sp³-hybridized carbons (Fsp3) is 0.273. The third-order valence-corrected chi connectivity index (χ3v) is 5.67. The van der Waals surface area contributed by atoms with Crippen LogP contribution in [-0.2, 0) is 4.74 Å². The smallest absolute Gasteiger partial charge is 0.271 e. The Morgan fingerprint density at radius 2 is 1.81 bits per heavy atom. The van der Waals surface area contributed by atoms with Gasteiger partial charge in [-0.25, -0.2) is 0 Å². The zero-order valence-electron chi connectivity index (χ0n) is 17.0. The molecule has 0 unspecified atom stereocenters. The number of amidine groups is 1. The number of anilines is 2. The lowest BCUT2D eigenvalue weighted by Crippen LogP contribution is -2.41. The van der Waals surface area contributed by atoms with Gasteiger partial charge >= 0.3 is 0 Å². The molecule has 0 amide bonds. The maximum atomic E-state index is 12.3. The van der Waals surface area contributed by atoms with Gasteiger partial charge in [-0.2, -0.15) is 0 Å². The zero-order valence-corrected chi connectivity index (χ0v) is 17.8. The van der Waals surface area contributed by atoms with Crippen molar-refractivity contribution in [3.63, 3.8) is 0 Å². The second-order valence-corrected chi connectivity index (χ2v) is 7.87. The number of benzene rings is 2. The number of morpholine rings is 1. The highest BCUT2D eigenvalue weighted by Crippen LogP contribution is 2.26. The third kappa shape index (κ3) is 5.72. The van der Waals surface area contributed by atoms with Crippen molar-refractivity contribution >= 4 is 28.1 Å². The summed E-state index contributed by atoms with van der Waals surface area (Å²) in [6.45, 7) is 4.67. The van der Waals surface area contributed by atoms with E-state index in [1.807, 2.05) is 54.6 Å². The Morgan fingerprint density at radius 1 is 1.10 bits per heavy atom. The van der Waals surface area contributed by atoms with Gasteiger partial charge in [-0.3, -0.25) is 19.5 Å². The van der Waals surface area contributed by atoms with E-state index in [9.17, 15) is 4.79 Å². The number of ether oxygens (including phenoxy) is 2. The molecule has 0 saturated carbocycles. The van der Waals surface area contributed by atoms with E-state index < -0.39 is 0 Å². The van der Waals surface area contributed by atoms with Crippen LogP contribution in [0.15, 0.2) is 59.4 Å². The topological polar surface area (TPSA) is 102 Å². The molecule has 162 valence electrons. The van der Waals surface area contributed by atoms with Crippen molar-refractivity contribution in [1.29, 1.82) is 5.41 Å². The fourth-order valence-corrected chi connectivity index (χ4v) is 3.99. The number of aromatic nitrogens is 1. The minimum atomic E-state index is -0.277. The summed E-state index contributed by atoms with van der Waals surface area (Å²) in [6.07, 6.45) is 0. The van der Waals surface area contributed by atoms with Crippen molar-refractivity contribution in [1.82, 2.24) is 14.6 Å². The maximum absolute atomic E-state index is 12.3. The zero-order chi connectivity index (χ0) is 21.5. The Hall–Kier alpha value is -3.14. The number of hydrogen-bond donors (Lipinski definition) is 4. The molecule has 0 bridgehead atoms. The van der Waals surface area contributed by atoms with Crippen LogP contribution in [0.2, 0.25) is 0 Å². The molecule has 1 aliphatic rings. The van der Waals surface area contributed by atoms with Crippen molar-refractivity contribution in [2.75, 3.05) is 44.7 Å². The normalized spacial score (nSPS) is 14.2. The van der Waals surface area contributed by atoms with Gasteiger partial charge in [-0.15, -0.1) is 0 Å². The minimum Gasteiger partial charge on any atom is -0.457 e. The minimum absolute atomic E-state index is 0.113. The van der Waals surface area contributed by atoms with Gasteiger partial charge in [0, 0.05) is 31.9 Å². The Bertz CT molecular complexity index is 1040. The molecule has 4 N–H and O–H groups in total. The number of nitrogens with one attached hydrogen (secondary N) is 4. The van der Waals surface area contributed by atoms with Crippen molar-refractivity contribution in [2.45, 2.75) is 0 Å². The second-order valence-electron chi connectivity index (χ2n) is 7.06. The molecule has 2 heterocycles. The van der Waals surface area contributed by atoms with Crippen LogP contribution in [-0.4, -0.2) is 54.5 Å². The molecule has 0 spiro atoms. The summed E-state index contributed by atoms with van der Waals surface area (Å²) in [5, 5.41) is 15.2. The number of para-hydroxylation sites is 1. The predicted molar refractivity (Wildman–Crippen MR) is 123 cm³/mol. The van der Waals surface area contributed by atoms with Crippen LogP contribution >= 0.6 is 11.5 Å². The molecule has 8 nitrogen and oxygen atoms in total. The highest BCUT2D eigenvalue weighted by molar-refractivity contribution is 7.10. The largest absolute Gasteiger partial charge is 0.457 e. The summed E-state index contributed by atoms with van der Waals surface area (Å²) in [6, 6.07) is 17.0. The average molecular weight is 440 g/mol. The molecular formula is C22H25N5O3S. The summed E-state index contributed by atoms with van der Waals surface area (Å²) >= 11 is 1.18. The van der Waals surface area contributed by atoms with E-state index in [1.165, 1.54) is 11.5 Å². The van der Waals surface area contributed by atoms with E-state index in [0.29, 0.717) is 17.1 Å². The molecule has 0 atom stereocenters. The van der Waals surface area contributed by atoms with Gasteiger partial charge in [-0.1, -0.05) is 18.2 Å². The SMILES string of the molecule is N=C(NCCN1CCOCC1)c1c(Nc2ccc(Oc3ccccc3)cc2)s[nH]c1=O. The number of aromatic amines is 1. The molecule has 1 aromatic heterocycles. The predicted octanol–water partition coefficient (Wildman–Crippen LogP) is 3.22. The van der Waals surface area contributed by atoms with Crippen LogP contribution in [0.3, 0.4) is 0 Å². The lowest BCUT2D eigenvalue weighted by Gasteiger charge is -2.26. The van der Waals surface area contributed by atoms with Crippen molar-refractivity contribution in [3.8, 4) is 11.5 Å². The Labute approximate surface area is 184 Å². The summed E-state index contributed by atoms with van der Waals surface area (Å²) in [7, 11) is 0. The average Bonchev–Trinajstić information content (AvgIpc) is 3.16. The van der Waals surface area contributed by atoms with Crippen LogP contribution in [0.4, 0.5) is 10.7 Å². The van der Waals surface area contributed by atoms with Crippen LogP contribution in [0.25, 0.3) is 0 Å². The summed E-state index contributed by atoms with van der Waals surface area (Å²) in [5.74, 6) is 1.60. The lowest BCUT2D eigenvalue weighted by molar-refractivity contribution is 0.0389. The van der Waals surface area contributed by atoms with Crippen molar-refractivity contribution in [3.05, 3.63) is 70.5 Å². The highest BCUT2D eigenvalue weighted by Gasteiger charge is 2.17. The van der Waals surface area contributed by atoms with Gasteiger partial charge < -0.3 is 20.1 Å². The van der Waals surface area contributed by atoms with Crippen LogP contribution in [0.5, 0.6) is 11.5 Å². The highest BCUT2D eigenvalue weighted by atomic mass is 32.1. The number of rotatable bonds is 8. The molecule has 31 heavy (non-hydrogen) atoms. The molecule has 2 aromatic carbocycles. The molecular weight excluding hydrogens is 414 g/mol. The second kappa shape index (κ2) is 10.3. The van der Waals surface area contributed by atoms with E-state index in [4.69, 9.17) is 14.9 Å². The first-order chi connectivity index (χ1) is 15.2. The molecule has 0 radical (unpaired) electrons. The Morgan fingerprint density at radius 3 is 2.55 bits per heavy atom. The summed E-state index contributed by atoms with van der Waals surface area (Å²) in [5.41, 5.74) is 0.843. The Balaban J connectivity index is 1.35. The van der Waals surface area contributed by atoms with E-state index in [2.05, 4.69) is 19.9 Å².